The number of rotatable bonds is 11. The summed E-state index contributed by atoms with van der Waals surface area (Å²) in [4.78, 5) is 20.6. The van der Waals surface area contributed by atoms with Crippen LogP contribution in [0.3, 0.4) is 0 Å². The van der Waals surface area contributed by atoms with Crippen LogP contribution in [0.2, 0.25) is 0 Å². The van der Waals surface area contributed by atoms with Crippen molar-refractivity contribution in [2.75, 3.05) is 32.8 Å². The molecular formula is C33H39N3O4. The van der Waals surface area contributed by atoms with Crippen LogP contribution in [0.1, 0.15) is 54.4 Å². The van der Waals surface area contributed by atoms with E-state index in [9.17, 15) is 4.79 Å². The van der Waals surface area contributed by atoms with Crippen LogP contribution in [0.4, 0.5) is 0 Å². The second-order valence-electron chi connectivity index (χ2n) is 11.1. The van der Waals surface area contributed by atoms with Gasteiger partial charge in [-0.15, -0.1) is 0 Å². The summed E-state index contributed by atoms with van der Waals surface area (Å²) in [6.45, 7) is 4.22. The number of hydrogen-bond donors (Lipinski definition) is 2. The molecule has 0 spiro atoms. The molecule has 0 radical (unpaired) electrons. The predicted octanol–water partition coefficient (Wildman–Crippen LogP) is 5.32. The number of hydrogen-bond acceptors (Lipinski definition) is 6. The summed E-state index contributed by atoms with van der Waals surface area (Å²) in [6.07, 6.45) is 8.56. The Bertz CT molecular complexity index is 1310. The Hall–Kier alpha value is -3.23. The Balaban J connectivity index is 1.11. The van der Waals surface area contributed by atoms with Crippen molar-refractivity contribution in [3.8, 4) is 5.75 Å². The van der Waals surface area contributed by atoms with Crippen molar-refractivity contribution in [1.82, 2.24) is 15.7 Å². The first-order valence-electron chi connectivity index (χ1n) is 14.7. The van der Waals surface area contributed by atoms with E-state index in [0.29, 0.717) is 24.8 Å². The van der Waals surface area contributed by atoms with E-state index in [1.54, 1.807) is 0 Å². The van der Waals surface area contributed by atoms with Crippen LogP contribution in [-0.4, -0.2) is 62.0 Å². The van der Waals surface area contributed by atoms with Gasteiger partial charge in [0.25, 0.3) is 5.91 Å². The smallest absolute Gasteiger partial charge is 0.274 e. The van der Waals surface area contributed by atoms with Crippen molar-refractivity contribution < 1.29 is 19.1 Å². The number of carbonyl (C=O) groups excluding carboxylic acids is 1. The monoisotopic (exact) mass is 541 g/mol. The average molecular weight is 542 g/mol. The van der Waals surface area contributed by atoms with Crippen molar-refractivity contribution in [2.45, 2.75) is 56.9 Å². The largest absolute Gasteiger partial charge is 0.489 e. The SMILES string of the molecule is O=C(NOC1CCCCO1)c1ccc(C=C(CNC2CCN(C3CC3)C2)COc2cccc3ccccc23)cc1. The summed E-state index contributed by atoms with van der Waals surface area (Å²) in [6, 6.07) is 23.4. The molecule has 1 saturated carbocycles. The van der Waals surface area contributed by atoms with Crippen LogP contribution in [0, 0.1) is 0 Å². The minimum Gasteiger partial charge on any atom is -0.489 e. The molecular weight excluding hydrogens is 502 g/mol. The fourth-order valence-corrected chi connectivity index (χ4v) is 5.59. The van der Waals surface area contributed by atoms with E-state index in [0.717, 1.165) is 60.7 Å². The molecule has 3 aliphatic rings. The van der Waals surface area contributed by atoms with E-state index in [2.05, 4.69) is 40.0 Å². The van der Waals surface area contributed by atoms with E-state index >= 15 is 0 Å². The maximum atomic E-state index is 12.6. The minimum absolute atomic E-state index is 0.271. The first-order valence-corrected chi connectivity index (χ1v) is 14.7. The van der Waals surface area contributed by atoms with Gasteiger partial charge in [-0.25, -0.2) is 10.3 Å². The highest BCUT2D eigenvalue weighted by Gasteiger charge is 2.34. The number of carbonyl (C=O) groups is 1. The zero-order valence-corrected chi connectivity index (χ0v) is 23.0. The highest BCUT2D eigenvalue weighted by Crippen LogP contribution is 2.30. The lowest BCUT2D eigenvalue weighted by molar-refractivity contribution is -0.186. The summed E-state index contributed by atoms with van der Waals surface area (Å²) in [7, 11) is 0. The molecule has 2 unspecified atom stereocenters. The fourth-order valence-electron chi connectivity index (χ4n) is 5.59. The zero-order chi connectivity index (χ0) is 27.1. The highest BCUT2D eigenvalue weighted by atomic mass is 16.8. The topological polar surface area (TPSA) is 72.1 Å². The van der Waals surface area contributed by atoms with Crippen molar-refractivity contribution in [1.29, 1.82) is 0 Å². The van der Waals surface area contributed by atoms with E-state index in [1.807, 2.05) is 48.5 Å². The van der Waals surface area contributed by atoms with Crippen LogP contribution in [0.5, 0.6) is 5.75 Å². The lowest BCUT2D eigenvalue weighted by Gasteiger charge is -2.22. The van der Waals surface area contributed by atoms with Gasteiger partial charge >= 0.3 is 0 Å². The van der Waals surface area contributed by atoms with Gasteiger partial charge in [-0.2, -0.15) is 0 Å². The van der Waals surface area contributed by atoms with Gasteiger partial charge in [-0.3, -0.25) is 9.69 Å². The van der Waals surface area contributed by atoms with Gasteiger partial charge in [-0.05, 0) is 66.8 Å². The molecule has 2 atom stereocenters. The molecule has 2 heterocycles. The third kappa shape index (κ3) is 7.09. The number of benzene rings is 3. The number of likely N-dealkylation sites (tertiary alicyclic amines) is 1. The Morgan fingerprint density at radius 2 is 1.82 bits per heavy atom. The van der Waals surface area contributed by atoms with Gasteiger partial charge in [0.15, 0.2) is 6.29 Å². The number of nitrogens with one attached hydrogen (secondary N) is 2. The fraction of sp³-hybridized carbons (Fsp3) is 0.424. The van der Waals surface area contributed by atoms with E-state index < -0.39 is 0 Å². The molecule has 0 bridgehead atoms. The van der Waals surface area contributed by atoms with E-state index in [-0.39, 0.29) is 12.2 Å². The first kappa shape index (κ1) is 27.0. The van der Waals surface area contributed by atoms with Gasteiger partial charge in [0.05, 0.1) is 0 Å². The van der Waals surface area contributed by atoms with Crippen LogP contribution in [-0.2, 0) is 9.57 Å². The highest BCUT2D eigenvalue weighted by molar-refractivity contribution is 5.93. The molecule has 40 heavy (non-hydrogen) atoms. The molecule has 3 fully saturated rings. The normalized spacial score (nSPS) is 21.9. The number of nitrogens with zero attached hydrogens (tertiary/aromatic N) is 1. The molecule has 3 aromatic rings. The van der Waals surface area contributed by atoms with Crippen LogP contribution in [0.25, 0.3) is 16.8 Å². The predicted molar refractivity (Wildman–Crippen MR) is 157 cm³/mol. The molecule has 3 aromatic carbocycles. The van der Waals surface area contributed by atoms with Gasteiger partial charge < -0.3 is 14.8 Å². The summed E-state index contributed by atoms with van der Waals surface area (Å²) in [5.74, 6) is 0.617. The average Bonchev–Trinajstić information content (AvgIpc) is 3.75. The molecule has 7 nitrogen and oxygen atoms in total. The van der Waals surface area contributed by atoms with Crippen molar-refractivity contribution in [2.24, 2.45) is 0 Å². The number of fused-ring (bicyclic) bond motifs is 1. The molecule has 1 aliphatic carbocycles. The van der Waals surface area contributed by atoms with Gasteiger partial charge in [0.2, 0.25) is 0 Å². The summed E-state index contributed by atoms with van der Waals surface area (Å²) < 4.78 is 11.9. The molecule has 6 rings (SSSR count). The third-order valence-corrected chi connectivity index (χ3v) is 8.03. The molecule has 2 aliphatic heterocycles. The van der Waals surface area contributed by atoms with Gasteiger partial charge in [0, 0.05) is 55.7 Å². The molecule has 1 amide bonds. The third-order valence-electron chi connectivity index (χ3n) is 8.03. The Kier molecular flexibility index (Phi) is 8.74. The lowest BCUT2D eigenvalue weighted by Crippen LogP contribution is -2.35. The quantitative estimate of drug-likeness (QED) is 0.321. The van der Waals surface area contributed by atoms with Gasteiger partial charge in [0.1, 0.15) is 12.4 Å². The molecule has 210 valence electrons. The van der Waals surface area contributed by atoms with E-state index in [1.165, 1.54) is 31.2 Å². The second-order valence-corrected chi connectivity index (χ2v) is 11.1. The van der Waals surface area contributed by atoms with Crippen molar-refractivity contribution in [3.63, 3.8) is 0 Å². The molecule has 2 N–H and O–H groups in total. The first-order chi connectivity index (χ1) is 19.7. The number of amides is 1. The maximum absolute atomic E-state index is 12.6. The van der Waals surface area contributed by atoms with Crippen LogP contribution in [0.15, 0.2) is 72.3 Å². The van der Waals surface area contributed by atoms with E-state index in [4.69, 9.17) is 14.3 Å². The van der Waals surface area contributed by atoms with Crippen LogP contribution < -0.4 is 15.5 Å². The standard InChI is InChI=1S/C33H39N3O4/c37-33(35-40-32-10-3-4-19-38-32)27-13-11-24(12-14-27)20-25(21-34-28-17-18-36(22-28)29-15-16-29)23-39-31-9-5-7-26-6-1-2-8-30(26)31/h1-2,5-9,11-14,20,28-29,32,34H,3-4,10,15-19,21-23H2,(H,35,37). The summed E-state index contributed by atoms with van der Waals surface area (Å²) in [5.41, 5.74) is 5.27. The van der Waals surface area contributed by atoms with Crippen molar-refractivity contribution >= 4 is 22.8 Å². The number of ether oxygens (including phenoxy) is 2. The number of hydroxylamine groups is 1. The Labute approximate surface area is 236 Å². The molecule has 2 saturated heterocycles. The Morgan fingerprint density at radius 1 is 0.975 bits per heavy atom. The summed E-state index contributed by atoms with van der Waals surface area (Å²) >= 11 is 0. The molecule has 0 aromatic heterocycles. The minimum atomic E-state index is -0.368. The Morgan fingerprint density at radius 3 is 2.65 bits per heavy atom. The zero-order valence-electron chi connectivity index (χ0n) is 23.0. The molecule has 7 heteroatoms. The van der Waals surface area contributed by atoms with Crippen LogP contribution >= 0.6 is 0 Å². The van der Waals surface area contributed by atoms with Gasteiger partial charge in [-0.1, -0.05) is 54.6 Å². The van der Waals surface area contributed by atoms with Crippen molar-refractivity contribution in [3.05, 3.63) is 83.4 Å². The summed E-state index contributed by atoms with van der Waals surface area (Å²) in [5, 5.41) is 6.07. The second kappa shape index (κ2) is 13.0. The lowest BCUT2D eigenvalue weighted by atomic mass is 10.1. The maximum Gasteiger partial charge on any atom is 0.274 e.